The van der Waals surface area contributed by atoms with Gasteiger partial charge in [-0.05, 0) is 44.4 Å². The van der Waals surface area contributed by atoms with E-state index >= 15 is 0 Å². The second kappa shape index (κ2) is 8.40. The van der Waals surface area contributed by atoms with Gasteiger partial charge in [-0.15, -0.1) is 24.8 Å². The summed E-state index contributed by atoms with van der Waals surface area (Å²) in [7, 11) is 0. The molecule has 1 atom stereocenters. The van der Waals surface area contributed by atoms with Gasteiger partial charge in [0.25, 0.3) is 5.91 Å². The van der Waals surface area contributed by atoms with Crippen LogP contribution in [0.4, 0.5) is 5.69 Å². The molecule has 7 heteroatoms. The number of hydrogen-bond acceptors (Lipinski definition) is 3. The highest BCUT2D eigenvalue weighted by molar-refractivity contribution is 5.96. The summed E-state index contributed by atoms with van der Waals surface area (Å²) in [6.07, 6.45) is 5.86. The molecule has 24 heavy (non-hydrogen) atoms. The first-order chi connectivity index (χ1) is 10.6. The second-order valence-corrected chi connectivity index (χ2v) is 6.00. The lowest BCUT2D eigenvalue weighted by atomic mass is 10.1. The van der Waals surface area contributed by atoms with Crippen molar-refractivity contribution in [3.8, 4) is 0 Å². The molecule has 5 nitrogen and oxygen atoms in total. The van der Waals surface area contributed by atoms with Gasteiger partial charge in [-0.25, -0.2) is 4.98 Å². The third-order valence-electron chi connectivity index (χ3n) is 4.46. The Bertz CT molecular complexity index is 702. The van der Waals surface area contributed by atoms with E-state index < -0.39 is 0 Å². The molecule has 132 valence electrons. The number of halogens is 2. The SMILES string of the molecule is Cc1ccc(N)cc1C(=O)N1CCCC1Cn1ccnc1C.Cl.Cl. The van der Waals surface area contributed by atoms with Crippen molar-refractivity contribution in [3.05, 3.63) is 47.5 Å². The molecule has 0 bridgehead atoms. The van der Waals surface area contributed by atoms with Crippen molar-refractivity contribution in [2.75, 3.05) is 12.3 Å². The molecule has 0 radical (unpaired) electrons. The van der Waals surface area contributed by atoms with E-state index in [2.05, 4.69) is 9.55 Å². The predicted molar refractivity (Wildman–Crippen MR) is 101 cm³/mol. The van der Waals surface area contributed by atoms with Crippen LogP contribution in [0.25, 0.3) is 0 Å². The van der Waals surface area contributed by atoms with Gasteiger partial charge in [-0.3, -0.25) is 4.79 Å². The van der Waals surface area contributed by atoms with Crippen molar-refractivity contribution in [3.63, 3.8) is 0 Å². The average molecular weight is 371 g/mol. The first-order valence-corrected chi connectivity index (χ1v) is 7.71. The Hall–Kier alpha value is -1.72. The fourth-order valence-electron chi connectivity index (χ4n) is 3.14. The normalized spacial score (nSPS) is 16.4. The molecular weight excluding hydrogens is 347 g/mol. The highest BCUT2D eigenvalue weighted by Gasteiger charge is 2.30. The molecule has 0 saturated carbocycles. The number of rotatable bonds is 3. The van der Waals surface area contributed by atoms with Crippen LogP contribution < -0.4 is 5.73 Å². The number of benzene rings is 1. The van der Waals surface area contributed by atoms with Crippen LogP contribution in [0.1, 0.15) is 34.6 Å². The van der Waals surface area contributed by atoms with Crippen LogP contribution in [0, 0.1) is 13.8 Å². The van der Waals surface area contributed by atoms with E-state index in [0.29, 0.717) is 11.3 Å². The minimum atomic E-state index is 0. The minimum absolute atomic E-state index is 0. The van der Waals surface area contributed by atoms with E-state index in [9.17, 15) is 4.79 Å². The molecule has 1 aromatic carbocycles. The maximum atomic E-state index is 12.9. The first-order valence-electron chi connectivity index (χ1n) is 7.71. The molecule has 0 aliphatic carbocycles. The number of hydrogen-bond donors (Lipinski definition) is 1. The Morgan fingerprint density at radius 3 is 2.75 bits per heavy atom. The van der Waals surface area contributed by atoms with Crippen LogP contribution in [-0.4, -0.2) is 32.9 Å². The molecule has 1 amide bonds. The highest BCUT2D eigenvalue weighted by Crippen LogP contribution is 2.24. The molecule has 3 rings (SSSR count). The minimum Gasteiger partial charge on any atom is -0.399 e. The smallest absolute Gasteiger partial charge is 0.254 e. The zero-order chi connectivity index (χ0) is 15.7. The number of nitrogens with zero attached hydrogens (tertiary/aromatic N) is 3. The quantitative estimate of drug-likeness (QED) is 0.843. The fraction of sp³-hybridized carbons (Fsp3) is 0.412. The number of aryl methyl sites for hydroxylation is 2. The number of nitrogen functional groups attached to an aromatic ring is 1. The maximum Gasteiger partial charge on any atom is 0.254 e. The van der Waals surface area contributed by atoms with Gasteiger partial charge >= 0.3 is 0 Å². The molecule has 1 unspecified atom stereocenters. The van der Waals surface area contributed by atoms with Crippen molar-refractivity contribution in [2.24, 2.45) is 0 Å². The van der Waals surface area contributed by atoms with E-state index in [1.54, 1.807) is 12.3 Å². The van der Waals surface area contributed by atoms with Gasteiger partial charge in [0, 0.05) is 36.7 Å². The first kappa shape index (κ1) is 20.3. The van der Waals surface area contributed by atoms with Crippen LogP contribution >= 0.6 is 24.8 Å². The molecule has 1 saturated heterocycles. The van der Waals surface area contributed by atoms with Gasteiger partial charge in [-0.1, -0.05) is 6.07 Å². The number of imidazole rings is 1. The zero-order valence-electron chi connectivity index (χ0n) is 13.9. The number of carbonyl (C=O) groups excluding carboxylic acids is 1. The van der Waals surface area contributed by atoms with Crippen molar-refractivity contribution >= 4 is 36.4 Å². The molecule has 1 aromatic heterocycles. The van der Waals surface area contributed by atoms with Crippen LogP contribution in [0.5, 0.6) is 0 Å². The van der Waals surface area contributed by atoms with Crippen molar-refractivity contribution in [2.45, 2.75) is 39.3 Å². The molecule has 1 aliphatic heterocycles. The summed E-state index contributed by atoms with van der Waals surface area (Å²) in [5, 5.41) is 0. The molecule has 2 N–H and O–H groups in total. The fourth-order valence-corrected chi connectivity index (χ4v) is 3.14. The lowest BCUT2D eigenvalue weighted by molar-refractivity contribution is 0.0723. The van der Waals surface area contributed by atoms with E-state index in [-0.39, 0.29) is 36.8 Å². The van der Waals surface area contributed by atoms with E-state index in [4.69, 9.17) is 5.73 Å². The number of amides is 1. The second-order valence-electron chi connectivity index (χ2n) is 6.00. The zero-order valence-corrected chi connectivity index (χ0v) is 15.6. The van der Waals surface area contributed by atoms with Gasteiger partial charge in [0.15, 0.2) is 0 Å². The Morgan fingerprint density at radius 2 is 2.08 bits per heavy atom. The lowest BCUT2D eigenvalue weighted by Gasteiger charge is -2.26. The molecule has 2 heterocycles. The summed E-state index contributed by atoms with van der Waals surface area (Å²) in [6, 6.07) is 5.76. The van der Waals surface area contributed by atoms with E-state index in [0.717, 1.165) is 37.3 Å². The molecule has 2 aromatic rings. The monoisotopic (exact) mass is 370 g/mol. The van der Waals surface area contributed by atoms with Gasteiger partial charge < -0.3 is 15.2 Å². The Labute approximate surface area is 155 Å². The van der Waals surface area contributed by atoms with Gasteiger partial charge in [-0.2, -0.15) is 0 Å². The van der Waals surface area contributed by atoms with Gasteiger partial charge in [0.1, 0.15) is 5.82 Å². The summed E-state index contributed by atoms with van der Waals surface area (Å²) in [4.78, 5) is 19.1. The number of carbonyl (C=O) groups is 1. The van der Waals surface area contributed by atoms with Gasteiger partial charge in [0.05, 0.1) is 6.04 Å². The topological polar surface area (TPSA) is 64.2 Å². The molecule has 0 spiro atoms. The Morgan fingerprint density at radius 1 is 1.33 bits per heavy atom. The lowest BCUT2D eigenvalue weighted by Crippen LogP contribution is -2.38. The summed E-state index contributed by atoms with van der Waals surface area (Å²) in [6.45, 7) is 5.56. The third-order valence-corrected chi connectivity index (χ3v) is 4.46. The van der Waals surface area contributed by atoms with Crippen molar-refractivity contribution < 1.29 is 4.79 Å². The van der Waals surface area contributed by atoms with Crippen LogP contribution in [-0.2, 0) is 6.54 Å². The molecular formula is C17H24Cl2N4O. The van der Waals surface area contributed by atoms with E-state index in [1.165, 1.54) is 0 Å². The Kier molecular flexibility index (Phi) is 7.11. The largest absolute Gasteiger partial charge is 0.399 e. The number of likely N-dealkylation sites (tertiary alicyclic amines) is 1. The molecule has 1 aliphatic rings. The molecule has 1 fully saturated rings. The van der Waals surface area contributed by atoms with Crippen LogP contribution in [0.2, 0.25) is 0 Å². The summed E-state index contributed by atoms with van der Waals surface area (Å²) in [5.41, 5.74) is 8.17. The van der Waals surface area contributed by atoms with Crippen LogP contribution in [0.15, 0.2) is 30.6 Å². The van der Waals surface area contributed by atoms with Gasteiger partial charge in [0.2, 0.25) is 0 Å². The summed E-state index contributed by atoms with van der Waals surface area (Å²) >= 11 is 0. The summed E-state index contributed by atoms with van der Waals surface area (Å²) in [5.74, 6) is 1.07. The average Bonchev–Trinajstić information content (AvgIpc) is 3.11. The van der Waals surface area contributed by atoms with Crippen molar-refractivity contribution in [1.29, 1.82) is 0 Å². The van der Waals surface area contributed by atoms with Crippen LogP contribution in [0.3, 0.4) is 0 Å². The predicted octanol–water partition coefficient (Wildman–Crippen LogP) is 3.23. The number of aromatic nitrogens is 2. The van der Waals surface area contributed by atoms with E-state index in [1.807, 2.05) is 37.1 Å². The maximum absolute atomic E-state index is 12.9. The Balaban J connectivity index is 0.00000144. The highest BCUT2D eigenvalue weighted by atomic mass is 35.5. The standard InChI is InChI=1S/C17H22N4O.2ClH/c1-12-5-6-14(18)10-16(12)17(22)21-8-3-4-15(21)11-20-9-7-19-13(20)2;;/h5-7,9-10,15H,3-4,8,11,18H2,1-2H3;2*1H. The number of anilines is 1. The third kappa shape index (κ3) is 4.02. The van der Waals surface area contributed by atoms with Crippen molar-refractivity contribution in [1.82, 2.24) is 14.5 Å². The summed E-state index contributed by atoms with van der Waals surface area (Å²) < 4.78 is 2.11. The number of nitrogens with two attached hydrogens (primary N) is 1.